The zero-order valence-electron chi connectivity index (χ0n) is 26.3. The van der Waals surface area contributed by atoms with E-state index in [2.05, 4.69) is 80.8 Å². The van der Waals surface area contributed by atoms with E-state index in [4.69, 9.17) is 23.7 Å². The van der Waals surface area contributed by atoms with Gasteiger partial charge in [-0.25, -0.2) is 4.68 Å². The van der Waals surface area contributed by atoms with Crippen molar-refractivity contribution in [1.29, 1.82) is 0 Å². The molecule has 0 bridgehead atoms. The largest absolute Gasteiger partial charge is 0.543 e. The van der Waals surface area contributed by atoms with Gasteiger partial charge < -0.3 is 18.6 Å². The van der Waals surface area contributed by atoms with Crippen LogP contribution in [0.3, 0.4) is 0 Å². The second-order valence-corrected chi connectivity index (χ2v) is 17.4. The van der Waals surface area contributed by atoms with Gasteiger partial charge in [-0.1, -0.05) is 51.1 Å². The number of hydrogen-bond acceptors (Lipinski definition) is 7. The summed E-state index contributed by atoms with van der Waals surface area (Å²) in [5, 5.41) is 14.2. The van der Waals surface area contributed by atoms with Crippen molar-refractivity contribution in [3.8, 4) is 17.0 Å². The molecule has 2 aromatic carbocycles. The Hall–Kier alpha value is -3.02. The Bertz CT molecular complexity index is 1440. The first-order valence-electron chi connectivity index (χ1n) is 15.5. The van der Waals surface area contributed by atoms with Gasteiger partial charge in [-0.2, -0.15) is 10.2 Å². The van der Waals surface area contributed by atoms with Crippen molar-refractivity contribution < 1.29 is 18.6 Å². The van der Waals surface area contributed by atoms with Gasteiger partial charge in [-0.05, 0) is 61.2 Å². The molecule has 1 fully saturated rings. The van der Waals surface area contributed by atoms with Crippen LogP contribution in [-0.4, -0.2) is 60.9 Å². The van der Waals surface area contributed by atoms with Gasteiger partial charge >= 0.3 is 0 Å². The van der Waals surface area contributed by atoms with Crippen LogP contribution in [0.5, 0.6) is 5.75 Å². The fraction of sp³-hybridized carbons (Fsp3) is 0.515. The average Bonchev–Trinajstić information content (AvgIpc) is 3.74. The molecule has 0 saturated carbocycles. The number of aryl methyl sites for hydroxylation is 1. The summed E-state index contributed by atoms with van der Waals surface area (Å²) < 4.78 is 28.0. The Morgan fingerprint density at radius 1 is 1.00 bits per heavy atom. The molecular weight excluding hydrogens is 558 g/mol. The van der Waals surface area contributed by atoms with Crippen LogP contribution in [0.4, 0.5) is 0 Å². The molecule has 0 radical (unpaired) electrons. The predicted octanol–water partition coefficient (Wildman–Crippen LogP) is 6.76. The van der Waals surface area contributed by atoms with E-state index in [9.17, 15) is 0 Å². The molecule has 1 N–H and O–H groups in total. The van der Waals surface area contributed by atoms with Gasteiger partial charge in [0.25, 0.3) is 0 Å². The lowest BCUT2D eigenvalue weighted by Crippen LogP contribution is -2.43. The highest BCUT2D eigenvalue weighted by molar-refractivity contribution is 6.74. The average molecular weight is 606 g/mol. The summed E-state index contributed by atoms with van der Waals surface area (Å²) in [5.41, 5.74) is 4.08. The number of benzene rings is 2. The zero-order chi connectivity index (χ0) is 30.3. The van der Waals surface area contributed by atoms with Crippen molar-refractivity contribution in [2.24, 2.45) is 0 Å². The summed E-state index contributed by atoms with van der Waals surface area (Å²) in [4.78, 5) is 0. The van der Waals surface area contributed by atoms with Crippen LogP contribution in [0.25, 0.3) is 22.2 Å². The summed E-state index contributed by atoms with van der Waals surface area (Å²) in [5.74, 6) is 0.885. The molecule has 4 aromatic rings. The number of fused-ring (bicyclic) bond motifs is 1. The monoisotopic (exact) mass is 605 g/mol. The second kappa shape index (κ2) is 14.2. The summed E-state index contributed by atoms with van der Waals surface area (Å²) in [7, 11) is -1.99. The van der Waals surface area contributed by atoms with E-state index in [1.807, 2.05) is 33.8 Å². The van der Waals surface area contributed by atoms with Crippen molar-refractivity contribution >= 4 is 19.2 Å². The lowest BCUT2D eigenvalue weighted by atomic mass is 10.1. The molecule has 1 unspecified atom stereocenters. The maximum absolute atomic E-state index is 6.65. The Morgan fingerprint density at radius 2 is 1.79 bits per heavy atom. The normalized spacial score (nSPS) is 15.9. The van der Waals surface area contributed by atoms with Crippen molar-refractivity contribution in [2.45, 2.75) is 77.7 Å². The zero-order valence-corrected chi connectivity index (χ0v) is 27.3. The van der Waals surface area contributed by atoms with Gasteiger partial charge in [0.05, 0.1) is 24.9 Å². The smallest absolute Gasteiger partial charge is 0.250 e. The van der Waals surface area contributed by atoms with E-state index >= 15 is 0 Å². The van der Waals surface area contributed by atoms with Crippen LogP contribution < -0.4 is 9.74 Å². The van der Waals surface area contributed by atoms with E-state index in [-0.39, 0.29) is 11.4 Å². The maximum atomic E-state index is 6.65. The first-order valence-corrected chi connectivity index (χ1v) is 18.4. The third-order valence-corrected chi connectivity index (χ3v) is 12.7. The summed E-state index contributed by atoms with van der Waals surface area (Å²) >= 11 is 0. The van der Waals surface area contributed by atoms with Crippen LogP contribution in [0.15, 0.2) is 60.9 Å². The van der Waals surface area contributed by atoms with E-state index in [1.54, 1.807) is 0 Å². The Morgan fingerprint density at radius 3 is 2.56 bits per heavy atom. The van der Waals surface area contributed by atoms with Gasteiger partial charge in [0, 0.05) is 50.1 Å². The molecule has 232 valence electrons. The van der Waals surface area contributed by atoms with Crippen LogP contribution >= 0.6 is 0 Å². The molecule has 5 rings (SSSR count). The number of nitrogens with one attached hydrogen (secondary N) is 1. The first-order chi connectivity index (χ1) is 20.7. The summed E-state index contributed by atoms with van der Waals surface area (Å²) in [6.07, 6.45) is 6.58. The number of unbranched alkanes of at least 4 members (excludes halogenated alkanes) is 1. The third kappa shape index (κ3) is 8.13. The Kier molecular flexibility index (Phi) is 10.4. The number of aromatic nitrogens is 4. The molecular formula is C33H47N5O4Si. The number of ether oxygens (including phenoxy) is 3. The highest BCUT2D eigenvalue weighted by Gasteiger charge is 2.39. The highest BCUT2D eigenvalue weighted by atomic mass is 28.4. The molecule has 1 aliphatic heterocycles. The van der Waals surface area contributed by atoms with Crippen LogP contribution in [-0.2, 0) is 27.4 Å². The van der Waals surface area contributed by atoms with Gasteiger partial charge in [0.2, 0.25) is 14.7 Å². The van der Waals surface area contributed by atoms with Gasteiger partial charge in [-0.3, -0.25) is 10.00 Å². The fourth-order valence-electron chi connectivity index (χ4n) is 4.81. The second-order valence-electron chi connectivity index (χ2n) is 12.7. The molecule has 10 heteroatoms. The van der Waals surface area contributed by atoms with E-state index in [1.165, 1.54) is 5.56 Å². The van der Waals surface area contributed by atoms with E-state index in [0.29, 0.717) is 19.8 Å². The lowest BCUT2D eigenvalue weighted by Gasteiger charge is -2.36. The molecule has 2 aromatic heterocycles. The van der Waals surface area contributed by atoms with Gasteiger partial charge in [-0.15, -0.1) is 0 Å². The summed E-state index contributed by atoms with van der Waals surface area (Å²) in [6.45, 7) is 16.4. The van der Waals surface area contributed by atoms with Crippen LogP contribution in [0, 0.1) is 0 Å². The van der Waals surface area contributed by atoms with Crippen molar-refractivity contribution in [2.75, 3.05) is 33.0 Å². The van der Waals surface area contributed by atoms with Crippen molar-refractivity contribution in [1.82, 2.24) is 24.9 Å². The molecule has 1 aliphatic rings. The molecule has 1 saturated heterocycles. The molecule has 43 heavy (non-hydrogen) atoms. The molecule has 0 amide bonds. The van der Waals surface area contributed by atoms with Crippen LogP contribution in [0.1, 0.15) is 51.9 Å². The van der Waals surface area contributed by atoms with E-state index < -0.39 is 8.32 Å². The predicted molar refractivity (Wildman–Crippen MR) is 173 cm³/mol. The van der Waals surface area contributed by atoms with Crippen molar-refractivity contribution in [3.63, 3.8) is 0 Å². The number of rotatable bonds is 15. The minimum absolute atomic E-state index is 0.111. The fourth-order valence-corrected chi connectivity index (χ4v) is 5.83. The minimum atomic E-state index is -1.99. The van der Waals surface area contributed by atoms with Crippen LogP contribution in [0.2, 0.25) is 18.1 Å². The molecule has 3 heterocycles. The quantitative estimate of drug-likeness (QED) is 0.118. The van der Waals surface area contributed by atoms with E-state index in [0.717, 1.165) is 73.5 Å². The van der Waals surface area contributed by atoms with Gasteiger partial charge in [0.1, 0.15) is 11.4 Å². The first kappa shape index (κ1) is 31.4. The van der Waals surface area contributed by atoms with Crippen molar-refractivity contribution in [3.05, 3.63) is 66.5 Å². The summed E-state index contributed by atoms with van der Waals surface area (Å²) in [6, 6.07) is 16.5. The minimum Gasteiger partial charge on any atom is -0.543 e. The Balaban J connectivity index is 1.15. The third-order valence-electron chi connectivity index (χ3n) is 8.30. The number of nitrogens with zero attached hydrogens (tertiary/aromatic N) is 4. The maximum Gasteiger partial charge on any atom is 0.250 e. The highest BCUT2D eigenvalue weighted by Crippen LogP contribution is 2.39. The standard InChI is InChI=1S/C33H47N5O4Si/c1-33(2,3)43(4,5)42-28-14-15-30-29(22-28)31(36-38(30)32-34-16-21-41-32)27-23-35-37(24-27)17-9-10-18-39-19-11-20-40-25-26-12-7-6-8-13-26/h6-8,12-15,22-24,32,34H,9-11,16-21,25H2,1-5H3. The van der Waals surface area contributed by atoms with Gasteiger partial charge in [0.15, 0.2) is 0 Å². The number of hydrogen-bond donors (Lipinski definition) is 1. The molecule has 9 nitrogen and oxygen atoms in total. The molecule has 1 atom stereocenters. The topological polar surface area (TPSA) is 84.6 Å². The molecule has 0 spiro atoms. The molecule has 0 aliphatic carbocycles. The SMILES string of the molecule is CC(C)(C)[Si](C)(C)Oc1ccc2c(c1)c(-c1cnn(CCCCOCCCOCc3ccccc3)c1)nn2C1NCCO1. The Labute approximate surface area is 256 Å². The lowest BCUT2D eigenvalue weighted by molar-refractivity contribution is 0.0382.